The molecule has 4 aromatic carbocycles. The average molecular weight is 915 g/mol. The first kappa shape index (κ1) is 34.4. The van der Waals surface area contributed by atoms with E-state index in [0.29, 0.717) is 23.0 Å². The van der Waals surface area contributed by atoms with Gasteiger partial charge >= 0.3 is 11.5 Å². The number of halogens is 4. The van der Waals surface area contributed by atoms with Gasteiger partial charge in [0, 0.05) is 29.0 Å². The standard InChI is InChI=1S/C42H26Br4O4/c1-23-7-3-5-9-29(23)39-19-25(17-37(49-39)27-11-13-33(43)35(45)21-27)15-31-41(47)32(42(31)48)16-26-18-38(28-12-14-34(44)36(46)22-28)50-40(20-26)30-10-6-4-8-24(30)2/h3-22H,1-2H3/p+1. The van der Waals surface area contributed by atoms with Gasteiger partial charge in [0.25, 0.3) is 0 Å². The third-order valence-electron chi connectivity index (χ3n) is 8.48. The molecule has 0 bridgehead atoms. The number of ether oxygens (including phenoxy) is 1. The fraction of sp³-hybridized carbons (Fsp3) is 0.0476. The van der Waals surface area contributed by atoms with Crippen molar-refractivity contribution >= 4 is 87.1 Å². The van der Waals surface area contributed by atoms with Crippen LogP contribution in [0.3, 0.4) is 0 Å². The van der Waals surface area contributed by atoms with Crippen molar-refractivity contribution in [2.24, 2.45) is 0 Å². The van der Waals surface area contributed by atoms with Crippen LogP contribution in [0.1, 0.15) is 27.8 Å². The Hall–Kier alpha value is -4.08. The van der Waals surface area contributed by atoms with Crippen LogP contribution in [0.4, 0.5) is 0 Å². The molecule has 7 rings (SSSR count). The lowest BCUT2D eigenvalue weighted by molar-refractivity contribution is -0.113. The molecule has 2 aliphatic rings. The lowest BCUT2D eigenvalue weighted by Gasteiger charge is -2.22. The maximum absolute atomic E-state index is 13.7. The fourth-order valence-electron chi connectivity index (χ4n) is 5.80. The molecule has 0 saturated carbocycles. The number of aliphatic hydroxyl groups excluding tert-OH is 1. The second-order valence-corrected chi connectivity index (χ2v) is 15.3. The van der Waals surface area contributed by atoms with Crippen LogP contribution in [0.15, 0.2) is 160 Å². The molecule has 50 heavy (non-hydrogen) atoms. The van der Waals surface area contributed by atoms with Crippen molar-refractivity contribution in [1.29, 1.82) is 0 Å². The third kappa shape index (κ3) is 6.95. The quantitative estimate of drug-likeness (QED) is 0.136. The molecular formula is C42H27Br4O4+. The normalized spacial score (nSPS) is 15.9. The summed E-state index contributed by atoms with van der Waals surface area (Å²) in [7, 11) is 0. The number of carbonyl (C=O) groups is 1. The maximum Gasteiger partial charge on any atom is 0.361 e. The highest BCUT2D eigenvalue weighted by Gasteiger charge is 2.33. The second kappa shape index (κ2) is 14.3. The Balaban J connectivity index is 1.31. The number of benzene rings is 4. The number of allylic oxidation sites excluding steroid dienone is 6. The highest BCUT2D eigenvalue weighted by atomic mass is 79.9. The van der Waals surface area contributed by atoms with Gasteiger partial charge < -0.3 is 9.84 Å². The summed E-state index contributed by atoms with van der Waals surface area (Å²) in [5, 5.41) is 11.3. The molecule has 0 radical (unpaired) electrons. The van der Waals surface area contributed by atoms with Crippen LogP contribution in [-0.2, 0) is 9.53 Å². The summed E-state index contributed by atoms with van der Waals surface area (Å²) in [5.74, 6) is 2.23. The molecule has 0 fully saturated rings. The lowest BCUT2D eigenvalue weighted by atomic mass is 9.85. The molecular weight excluding hydrogens is 888 g/mol. The summed E-state index contributed by atoms with van der Waals surface area (Å²) in [4.78, 5) is 13.7. The molecule has 5 aromatic rings. The first-order valence-electron chi connectivity index (χ1n) is 15.6. The van der Waals surface area contributed by atoms with Crippen LogP contribution in [0, 0.1) is 13.8 Å². The topological polar surface area (TPSA) is 57.8 Å². The van der Waals surface area contributed by atoms with Gasteiger partial charge in [-0.2, -0.15) is 0 Å². The van der Waals surface area contributed by atoms with E-state index in [-0.39, 0.29) is 22.7 Å². The molecule has 8 heteroatoms. The Labute approximate surface area is 323 Å². The summed E-state index contributed by atoms with van der Waals surface area (Å²) in [6, 6.07) is 31.5. The van der Waals surface area contributed by atoms with Gasteiger partial charge in [0.15, 0.2) is 0 Å². The number of Topliss-reactive ketones (excluding diaryl/α,β-unsaturated/α-hetero) is 1. The van der Waals surface area contributed by atoms with Crippen molar-refractivity contribution in [3.63, 3.8) is 0 Å². The van der Waals surface area contributed by atoms with Crippen LogP contribution in [-0.4, -0.2) is 10.9 Å². The van der Waals surface area contributed by atoms with Gasteiger partial charge in [-0.1, -0.05) is 48.5 Å². The summed E-state index contributed by atoms with van der Waals surface area (Å²) < 4.78 is 16.5. The monoisotopic (exact) mass is 911 g/mol. The van der Waals surface area contributed by atoms with E-state index >= 15 is 0 Å². The van der Waals surface area contributed by atoms with Crippen LogP contribution < -0.4 is 0 Å². The fourth-order valence-corrected chi connectivity index (χ4v) is 7.05. The summed E-state index contributed by atoms with van der Waals surface area (Å²) >= 11 is 14.3. The van der Waals surface area contributed by atoms with Crippen molar-refractivity contribution in [1.82, 2.24) is 0 Å². The van der Waals surface area contributed by atoms with E-state index in [1.54, 1.807) is 12.2 Å². The number of aryl methyl sites for hydroxylation is 2. The minimum atomic E-state index is -0.250. The predicted molar refractivity (Wildman–Crippen MR) is 215 cm³/mol. The zero-order chi connectivity index (χ0) is 35.1. The van der Waals surface area contributed by atoms with Crippen molar-refractivity contribution in [2.45, 2.75) is 13.8 Å². The molecule has 2 heterocycles. The summed E-state index contributed by atoms with van der Waals surface area (Å²) in [5.41, 5.74) is 7.61. The molecule has 4 nitrogen and oxygen atoms in total. The van der Waals surface area contributed by atoms with Gasteiger partial charge in [-0.15, -0.1) is 0 Å². The van der Waals surface area contributed by atoms with E-state index in [0.717, 1.165) is 62.4 Å². The Bertz CT molecular complexity index is 2400. The number of rotatable bonds is 6. The zero-order valence-corrected chi connectivity index (χ0v) is 33.1. The van der Waals surface area contributed by atoms with Crippen molar-refractivity contribution in [3.8, 4) is 22.6 Å². The van der Waals surface area contributed by atoms with E-state index in [1.165, 1.54) is 0 Å². The largest absolute Gasteiger partial charge is 0.506 e. The Morgan fingerprint density at radius 1 is 0.640 bits per heavy atom. The Morgan fingerprint density at radius 3 is 1.86 bits per heavy atom. The molecule has 1 N–H and O–H groups in total. The van der Waals surface area contributed by atoms with Crippen LogP contribution in [0.2, 0.25) is 0 Å². The van der Waals surface area contributed by atoms with E-state index in [2.05, 4.69) is 63.7 Å². The van der Waals surface area contributed by atoms with Crippen LogP contribution >= 0.6 is 63.7 Å². The van der Waals surface area contributed by atoms with E-state index < -0.39 is 0 Å². The number of aliphatic hydroxyl groups is 1. The first-order chi connectivity index (χ1) is 24.0. The molecule has 0 spiro atoms. The van der Waals surface area contributed by atoms with Crippen LogP contribution in [0.5, 0.6) is 0 Å². The van der Waals surface area contributed by atoms with Gasteiger partial charge in [0.1, 0.15) is 17.3 Å². The van der Waals surface area contributed by atoms with Crippen molar-refractivity contribution in [3.05, 3.63) is 183 Å². The second-order valence-electron chi connectivity index (χ2n) is 11.9. The Morgan fingerprint density at radius 2 is 1.22 bits per heavy atom. The molecule has 0 amide bonds. The van der Waals surface area contributed by atoms with Gasteiger partial charge in [0.2, 0.25) is 5.78 Å². The molecule has 1 aliphatic heterocycles. The minimum absolute atomic E-state index is 0.0626. The number of carbonyl (C=O) groups excluding carboxylic acids is 1. The van der Waals surface area contributed by atoms with Crippen LogP contribution in [0.25, 0.3) is 40.2 Å². The first-order valence-corrected chi connectivity index (χ1v) is 18.8. The maximum atomic E-state index is 13.7. The highest BCUT2D eigenvalue weighted by Crippen LogP contribution is 2.39. The van der Waals surface area contributed by atoms with Gasteiger partial charge in [0.05, 0.1) is 34.4 Å². The molecule has 0 unspecified atom stereocenters. The smallest absolute Gasteiger partial charge is 0.361 e. The van der Waals surface area contributed by atoms with E-state index in [9.17, 15) is 9.90 Å². The molecule has 1 aliphatic carbocycles. The number of hydrogen-bond acceptors (Lipinski definition) is 3. The van der Waals surface area contributed by atoms with E-state index in [1.807, 2.05) is 123 Å². The van der Waals surface area contributed by atoms with Gasteiger partial charge in [-0.25, -0.2) is 4.42 Å². The van der Waals surface area contributed by atoms with Gasteiger partial charge in [-0.05, 0) is 161 Å². The lowest BCUT2D eigenvalue weighted by Crippen LogP contribution is -2.21. The number of ketones is 1. The van der Waals surface area contributed by atoms with Crippen molar-refractivity contribution in [2.75, 3.05) is 0 Å². The highest BCUT2D eigenvalue weighted by molar-refractivity contribution is 9.13. The Kier molecular flexibility index (Phi) is 9.81. The van der Waals surface area contributed by atoms with Gasteiger partial charge in [-0.3, -0.25) is 4.79 Å². The SMILES string of the molecule is Cc1ccccc1C1=CC(=CC2=C(O)C(=Cc3cc(-c4ccc(Br)c(Br)c4)[o+]c(-c4ccccc4C)c3)C2=O)C=C(c2ccc(Br)c(Br)c2)O1. The summed E-state index contributed by atoms with van der Waals surface area (Å²) in [6.07, 6.45) is 7.20. The predicted octanol–water partition coefficient (Wildman–Crippen LogP) is 13.4. The zero-order valence-electron chi connectivity index (χ0n) is 26.7. The summed E-state index contributed by atoms with van der Waals surface area (Å²) in [6.45, 7) is 4.06. The van der Waals surface area contributed by atoms with Crippen molar-refractivity contribution < 1.29 is 19.1 Å². The van der Waals surface area contributed by atoms with E-state index in [4.69, 9.17) is 9.15 Å². The molecule has 0 atom stereocenters. The molecule has 246 valence electrons. The third-order valence-corrected chi connectivity index (χ3v) is 12.2. The molecule has 1 aromatic heterocycles. The number of hydrogen-bond donors (Lipinski definition) is 1. The molecule has 0 saturated heterocycles. The average Bonchev–Trinajstić information content (AvgIpc) is 3.12. The minimum Gasteiger partial charge on any atom is -0.506 e.